The van der Waals surface area contributed by atoms with Crippen molar-refractivity contribution >= 4 is 11.8 Å². The van der Waals surface area contributed by atoms with Crippen molar-refractivity contribution in [3.8, 4) is 0 Å². The van der Waals surface area contributed by atoms with Crippen LogP contribution in [0.4, 0.5) is 4.39 Å². The van der Waals surface area contributed by atoms with Crippen LogP contribution in [-0.2, 0) is 22.7 Å². The molecule has 1 N–H and O–H groups in total. The summed E-state index contributed by atoms with van der Waals surface area (Å²) >= 11 is 0. The first-order chi connectivity index (χ1) is 11.1. The van der Waals surface area contributed by atoms with E-state index in [1.54, 1.807) is 35.4 Å². The standard InChI is InChI=1S/C17H17FN2O3/c18-14-5-3-12(4-6-14)10-20-11-13(8-16(20)21)17(22)19-9-15-2-1-7-23-15/h1-7,13H,8-11H2,(H,19,22). The predicted molar refractivity (Wildman–Crippen MR) is 80.5 cm³/mol. The van der Waals surface area contributed by atoms with Crippen molar-refractivity contribution in [2.45, 2.75) is 19.5 Å². The number of benzene rings is 1. The van der Waals surface area contributed by atoms with Crippen LogP contribution in [0.3, 0.4) is 0 Å². The molecule has 120 valence electrons. The number of hydrogen-bond donors (Lipinski definition) is 1. The number of carbonyl (C=O) groups is 2. The van der Waals surface area contributed by atoms with E-state index < -0.39 is 0 Å². The maximum atomic E-state index is 12.9. The lowest BCUT2D eigenvalue weighted by Crippen LogP contribution is -2.32. The molecule has 1 unspecified atom stereocenters. The summed E-state index contributed by atoms with van der Waals surface area (Å²) in [5.74, 6) is -0.218. The zero-order chi connectivity index (χ0) is 16.2. The molecule has 2 aromatic rings. The van der Waals surface area contributed by atoms with Crippen LogP contribution in [-0.4, -0.2) is 23.3 Å². The lowest BCUT2D eigenvalue weighted by molar-refractivity contribution is -0.129. The molecular formula is C17H17FN2O3. The molecule has 0 spiro atoms. The van der Waals surface area contributed by atoms with Crippen LogP contribution in [0.25, 0.3) is 0 Å². The first-order valence-corrected chi connectivity index (χ1v) is 7.44. The second kappa shape index (κ2) is 6.64. The van der Waals surface area contributed by atoms with Crippen molar-refractivity contribution in [1.29, 1.82) is 0 Å². The SMILES string of the molecule is O=C(NCc1ccco1)C1CC(=O)N(Cc2ccc(F)cc2)C1. The van der Waals surface area contributed by atoms with Crippen LogP contribution in [0.5, 0.6) is 0 Å². The number of likely N-dealkylation sites (tertiary alicyclic amines) is 1. The van der Waals surface area contributed by atoms with Gasteiger partial charge >= 0.3 is 0 Å². The van der Waals surface area contributed by atoms with E-state index in [0.717, 1.165) is 5.56 Å². The first kappa shape index (κ1) is 15.3. The third-order valence-corrected chi connectivity index (χ3v) is 3.89. The quantitative estimate of drug-likeness (QED) is 0.918. The summed E-state index contributed by atoms with van der Waals surface area (Å²) in [6.45, 7) is 1.08. The molecule has 0 saturated carbocycles. The van der Waals surface area contributed by atoms with Gasteiger partial charge in [-0.15, -0.1) is 0 Å². The number of nitrogens with zero attached hydrogens (tertiary/aromatic N) is 1. The Labute approximate surface area is 133 Å². The van der Waals surface area contributed by atoms with Crippen molar-refractivity contribution in [1.82, 2.24) is 10.2 Å². The number of halogens is 1. The molecule has 2 heterocycles. The zero-order valence-electron chi connectivity index (χ0n) is 12.5. The van der Waals surface area contributed by atoms with E-state index in [1.807, 2.05) is 0 Å². The number of rotatable bonds is 5. The highest BCUT2D eigenvalue weighted by molar-refractivity contribution is 5.89. The van der Waals surface area contributed by atoms with Gasteiger partial charge in [0.15, 0.2) is 0 Å². The highest BCUT2D eigenvalue weighted by Gasteiger charge is 2.34. The van der Waals surface area contributed by atoms with E-state index in [4.69, 9.17) is 4.42 Å². The molecule has 2 amide bonds. The summed E-state index contributed by atoms with van der Waals surface area (Å²) in [7, 11) is 0. The van der Waals surface area contributed by atoms with Crippen molar-refractivity contribution in [2.75, 3.05) is 6.54 Å². The molecule has 1 aliphatic rings. The lowest BCUT2D eigenvalue weighted by Gasteiger charge is -2.16. The maximum absolute atomic E-state index is 12.9. The third kappa shape index (κ3) is 3.77. The molecule has 1 aromatic heterocycles. The fourth-order valence-electron chi connectivity index (χ4n) is 2.64. The Bertz CT molecular complexity index is 682. The third-order valence-electron chi connectivity index (χ3n) is 3.89. The van der Waals surface area contributed by atoms with Crippen LogP contribution in [0.15, 0.2) is 47.1 Å². The van der Waals surface area contributed by atoms with Crippen molar-refractivity contribution in [3.05, 3.63) is 59.8 Å². The molecule has 0 radical (unpaired) electrons. The second-order valence-corrected chi connectivity index (χ2v) is 5.60. The van der Waals surface area contributed by atoms with E-state index in [9.17, 15) is 14.0 Å². The van der Waals surface area contributed by atoms with E-state index >= 15 is 0 Å². The van der Waals surface area contributed by atoms with Crippen LogP contribution < -0.4 is 5.32 Å². The fourth-order valence-corrected chi connectivity index (χ4v) is 2.64. The molecule has 6 heteroatoms. The average molecular weight is 316 g/mol. The van der Waals surface area contributed by atoms with Gasteiger partial charge in [0.05, 0.1) is 18.7 Å². The Morgan fingerprint density at radius 2 is 2.09 bits per heavy atom. The second-order valence-electron chi connectivity index (χ2n) is 5.60. The van der Waals surface area contributed by atoms with Crippen molar-refractivity contribution in [2.24, 2.45) is 5.92 Å². The van der Waals surface area contributed by atoms with Crippen LogP contribution >= 0.6 is 0 Å². The molecule has 1 aliphatic heterocycles. The smallest absolute Gasteiger partial charge is 0.225 e. The molecule has 0 bridgehead atoms. The molecule has 1 aromatic carbocycles. The van der Waals surface area contributed by atoms with Gasteiger partial charge in [0, 0.05) is 19.5 Å². The summed E-state index contributed by atoms with van der Waals surface area (Å²) < 4.78 is 18.1. The Morgan fingerprint density at radius 3 is 2.78 bits per heavy atom. The van der Waals surface area contributed by atoms with E-state index in [-0.39, 0.29) is 30.0 Å². The summed E-state index contributed by atoms with van der Waals surface area (Å²) in [6.07, 6.45) is 1.75. The van der Waals surface area contributed by atoms with E-state index in [0.29, 0.717) is 25.4 Å². The van der Waals surface area contributed by atoms with Gasteiger partial charge in [0.25, 0.3) is 0 Å². The molecule has 3 rings (SSSR count). The topological polar surface area (TPSA) is 62.6 Å². The fraction of sp³-hybridized carbons (Fsp3) is 0.294. The molecule has 1 atom stereocenters. The average Bonchev–Trinajstić information content (AvgIpc) is 3.18. The predicted octanol–water partition coefficient (Wildman–Crippen LogP) is 2.08. The molecule has 5 nitrogen and oxygen atoms in total. The Kier molecular flexibility index (Phi) is 4.41. The minimum Gasteiger partial charge on any atom is -0.467 e. The highest BCUT2D eigenvalue weighted by Crippen LogP contribution is 2.20. The Balaban J connectivity index is 1.54. The zero-order valence-corrected chi connectivity index (χ0v) is 12.5. The normalized spacial score (nSPS) is 17.5. The van der Waals surface area contributed by atoms with Crippen LogP contribution in [0, 0.1) is 11.7 Å². The van der Waals surface area contributed by atoms with Gasteiger partial charge in [-0.05, 0) is 29.8 Å². The lowest BCUT2D eigenvalue weighted by atomic mass is 10.1. The van der Waals surface area contributed by atoms with E-state index in [1.165, 1.54) is 12.1 Å². The van der Waals surface area contributed by atoms with Gasteiger partial charge in [0.1, 0.15) is 11.6 Å². The Morgan fingerprint density at radius 1 is 1.30 bits per heavy atom. The largest absolute Gasteiger partial charge is 0.467 e. The monoisotopic (exact) mass is 316 g/mol. The van der Waals surface area contributed by atoms with Gasteiger partial charge in [0.2, 0.25) is 11.8 Å². The number of hydrogen-bond acceptors (Lipinski definition) is 3. The van der Waals surface area contributed by atoms with Crippen LogP contribution in [0.1, 0.15) is 17.7 Å². The number of nitrogens with one attached hydrogen (secondary N) is 1. The minimum absolute atomic E-state index is 0.0625. The highest BCUT2D eigenvalue weighted by atomic mass is 19.1. The molecular weight excluding hydrogens is 299 g/mol. The summed E-state index contributed by atoms with van der Waals surface area (Å²) in [4.78, 5) is 25.8. The van der Waals surface area contributed by atoms with Crippen molar-refractivity contribution < 1.29 is 18.4 Å². The van der Waals surface area contributed by atoms with Gasteiger partial charge in [-0.2, -0.15) is 0 Å². The van der Waals surface area contributed by atoms with Gasteiger partial charge in [-0.1, -0.05) is 12.1 Å². The minimum atomic E-state index is -0.363. The summed E-state index contributed by atoms with van der Waals surface area (Å²) in [6, 6.07) is 9.55. The summed E-state index contributed by atoms with van der Waals surface area (Å²) in [5, 5.41) is 2.78. The number of carbonyl (C=O) groups excluding carboxylic acids is 2. The van der Waals surface area contributed by atoms with Gasteiger partial charge in [-0.25, -0.2) is 4.39 Å². The van der Waals surface area contributed by atoms with E-state index in [2.05, 4.69) is 5.32 Å². The number of amides is 2. The van der Waals surface area contributed by atoms with Gasteiger partial charge in [-0.3, -0.25) is 9.59 Å². The molecule has 0 aliphatic carbocycles. The molecule has 1 saturated heterocycles. The summed E-state index contributed by atoms with van der Waals surface area (Å²) in [5.41, 5.74) is 0.844. The van der Waals surface area contributed by atoms with Crippen molar-refractivity contribution in [3.63, 3.8) is 0 Å². The first-order valence-electron chi connectivity index (χ1n) is 7.44. The molecule has 1 fully saturated rings. The van der Waals surface area contributed by atoms with Gasteiger partial charge < -0.3 is 14.6 Å². The molecule has 23 heavy (non-hydrogen) atoms. The maximum Gasteiger partial charge on any atom is 0.225 e. The number of furan rings is 1. The van der Waals surface area contributed by atoms with Crippen LogP contribution in [0.2, 0.25) is 0 Å². The Hall–Kier alpha value is -2.63.